The summed E-state index contributed by atoms with van der Waals surface area (Å²) >= 11 is 0. The first-order chi connectivity index (χ1) is 15.8. The zero-order chi connectivity index (χ0) is 23.7. The molecule has 2 aliphatic heterocycles. The summed E-state index contributed by atoms with van der Waals surface area (Å²) in [6.45, 7) is 6.51. The monoisotopic (exact) mass is 453 g/mol. The van der Waals surface area contributed by atoms with E-state index in [1.54, 1.807) is 18.2 Å². The predicted octanol–water partition coefficient (Wildman–Crippen LogP) is 4.39. The Morgan fingerprint density at radius 2 is 1.94 bits per heavy atom. The normalized spacial score (nSPS) is 21.5. The van der Waals surface area contributed by atoms with Gasteiger partial charge in [-0.3, -0.25) is 9.59 Å². The molecule has 2 heterocycles. The van der Waals surface area contributed by atoms with E-state index in [1.165, 1.54) is 29.2 Å². The van der Waals surface area contributed by atoms with Crippen molar-refractivity contribution in [2.45, 2.75) is 51.9 Å². The Bertz CT molecular complexity index is 1090. The lowest BCUT2D eigenvalue weighted by molar-refractivity contribution is -0.140. The molecule has 0 bridgehead atoms. The minimum atomic E-state index is -0.812. The molecule has 1 amide bonds. The van der Waals surface area contributed by atoms with Crippen LogP contribution in [0.25, 0.3) is 5.76 Å². The average molecular weight is 454 g/mol. The number of aliphatic hydroxyl groups is 1. The number of nitrogens with zero attached hydrogens (tertiary/aromatic N) is 1. The van der Waals surface area contributed by atoms with Gasteiger partial charge in [0.05, 0.1) is 17.7 Å². The summed E-state index contributed by atoms with van der Waals surface area (Å²) in [7, 11) is 0. The predicted molar refractivity (Wildman–Crippen MR) is 121 cm³/mol. The maximum atomic E-state index is 13.6. The van der Waals surface area contributed by atoms with Gasteiger partial charge in [-0.15, -0.1) is 0 Å². The van der Waals surface area contributed by atoms with Gasteiger partial charge in [0.15, 0.2) is 0 Å². The van der Waals surface area contributed by atoms with Crippen molar-refractivity contribution in [1.29, 1.82) is 0 Å². The van der Waals surface area contributed by atoms with Crippen LogP contribution in [0.5, 0.6) is 5.75 Å². The van der Waals surface area contributed by atoms with Crippen molar-refractivity contribution in [1.82, 2.24) is 4.90 Å². The number of carbonyl (C=O) groups excluding carboxylic acids is 2. The molecule has 7 heteroatoms. The first-order valence-corrected chi connectivity index (χ1v) is 11.2. The Labute approximate surface area is 192 Å². The number of hydrogen-bond donors (Lipinski definition) is 1. The van der Waals surface area contributed by atoms with Gasteiger partial charge in [0.1, 0.15) is 23.4 Å². The molecule has 0 saturated carbocycles. The van der Waals surface area contributed by atoms with Gasteiger partial charge in [-0.05, 0) is 68.7 Å². The number of benzene rings is 2. The van der Waals surface area contributed by atoms with Crippen molar-refractivity contribution in [2.24, 2.45) is 0 Å². The van der Waals surface area contributed by atoms with Gasteiger partial charge in [-0.2, -0.15) is 0 Å². The van der Waals surface area contributed by atoms with Crippen molar-refractivity contribution < 1.29 is 28.6 Å². The Hall–Kier alpha value is -3.19. The Morgan fingerprint density at radius 3 is 2.64 bits per heavy atom. The van der Waals surface area contributed by atoms with E-state index in [9.17, 15) is 19.1 Å². The van der Waals surface area contributed by atoms with Gasteiger partial charge < -0.3 is 19.5 Å². The van der Waals surface area contributed by atoms with Crippen molar-refractivity contribution in [3.05, 3.63) is 70.5 Å². The van der Waals surface area contributed by atoms with Crippen LogP contribution in [-0.2, 0) is 20.7 Å². The number of amides is 1. The van der Waals surface area contributed by atoms with E-state index in [4.69, 9.17) is 9.47 Å². The molecule has 4 rings (SSSR count). The lowest BCUT2D eigenvalue weighted by Gasteiger charge is -2.25. The first kappa shape index (κ1) is 23.0. The summed E-state index contributed by atoms with van der Waals surface area (Å²) in [6, 6.07) is 10.1. The van der Waals surface area contributed by atoms with Crippen LogP contribution >= 0.6 is 0 Å². The van der Waals surface area contributed by atoms with Crippen LogP contribution in [0.15, 0.2) is 48.0 Å². The van der Waals surface area contributed by atoms with Crippen molar-refractivity contribution >= 4 is 17.4 Å². The fraction of sp³-hybridized carbons (Fsp3) is 0.385. The van der Waals surface area contributed by atoms with Crippen LogP contribution in [0.1, 0.15) is 49.9 Å². The standard InChI is InChI=1S/C26H28FNO5/c1-15(2)32-12-4-11-28-23(17-5-8-20(27)9-6-17)22(25(30)26(28)31)24(29)18-7-10-21-19(14-18)13-16(3)33-21/h5-10,14-16,23,29H,4,11-13H2,1-3H3/b24-22-. The highest BCUT2D eigenvalue weighted by atomic mass is 19.1. The molecule has 2 atom stereocenters. The highest BCUT2D eigenvalue weighted by molar-refractivity contribution is 6.46. The molecule has 2 aromatic carbocycles. The van der Waals surface area contributed by atoms with Gasteiger partial charge >= 0.3 is 0 Å². The Balaban J connectivity index is 1.73. The summed E-state index contributed by atoms with van der Waals surface area (Å²) in [6.07, 6.45) is 1.31. The number of fused-ring (bicyclic) bond motifs is 1. The largest absolute Gasteiger partial charge is 0.507 e. The lowest BCUT2D eigenvalue weighted by Crippen LogP contribution is -2.31. The third kappa shape index (κ3) is 4.64. The second kappa shape index (κ2) is 9.35. The molecule has 2 unspecified atom stereocenters. The van der Waals surface area contributed by atoms with Gasteiger partial charge in [0.2, 0.25) is 0 Å². The number of likely N-dealkylation sites (tertiary alicyclic amines) is 1. The van der Waals surface area contributed by atoms with Crippen LogP contribution in [0, 0.1) is 5.82 Å². The molecule has 1 fully saturated rings. The number of hydrogen-bond acceptors (Lipinski definition) is 5. The second-order valence-corrected chi connectivity index (χ2v) is 8.77. The quantitative estimate of drug-likeness (QED) is 0.291. The molecule has 0 spiro atoms. The summed E-state index contributed by atoms with van der Waals surface area (Å²) in [4.78, 5) is 27.5. The fourth-order valence-electron chi connectivity index (χ4n) is 4.38. The minimum absolute atomic E-state index is 0.00306. The molecule has 174 valence electrons. The molecule has 1 saturated heterocycles. The van der Waals surface area contributed by atoms with E-state index in [0.29, 0.717) is 30.6 Å². The zero-order valence-electron chi connectivity index (χ0n) is 19.0. The fourth-order valence-corrected chi connectivity index (χ4v) is 4.38. The molecule has 33 heavy (non-hydrogen) atoms. The van der Waals surface area contributed by atoms with Crippen molar-refractivity contribution in [2.75, 3.05) is 13.2 Å². The van der Waals surface area contributed by atoms with Gasteiger partial charge in [-0.1, -0.05) is 12.1 Å². The van der Waals surface area contributed by atoms with Crippen LogP contribution in [0.4, 0.5) is 4.39 Å². The number of halogens is 1. The van der Waals surface area contributed by atoms with E-state index in [1.807, 2.05) is 20.8 Å². The SMILES string of the molecule is CC(C)OCCCN1C(=O)C(=O)/C(=C(\O)c2ccc3c(c2)CC(C)O3)C1c1ccc(F)cc1. The summed E-state index contributed by atoms with van der Waals surface area (Å²) < 4.78 is 24.9. The van der Waals surface area contributed by atoms with Crippen LogP contribution in [0.3, 0.4) is 0 Å². The van der Waals surface area contributed by atoms with Crippen LogP contribution in [0.2, 0.25) is 0 Å². The summed E-state index contributed by atoms with van der Waals surface area (Å²) in [5.74, 6) is -1.36. The smallest absolute Gasteiger partial charge is 0.295 e. The van der Waals surface area contributed by atoms with Gasteiger partial charge in [0.25, 0.3) is 11.7 Å². The molecular weight excluding hydrogens is 425 g/mol. The average Bonchev–Trinajstić information content (AvgIpc) is 3.27. The van der Waals surface area contributed by atoms with Crippen LogP contribution < -0.4 is 4.74 Å². The van der Waals surface area contributed by atoms with E-state index < -0.39 is 23.5 Å². The molecular formula is C26H28FNO5. The summed E-state index contributed by atoms with van der Waals surface area (Å²) in [5.41, 5.74) is 1.94. The van der Waals surface area contributed by atoms with E-state index in [2.05, 4.69) is 0 Å². The number of ether oxygens (including phenoxy) is 2. The molecule has 1 N–H and O–H groups in total. The van der Waals surface area contributed by atoms with Crippen molar-refractivity contribution in [3.8, 4) is 5.75 Å². The zero-order valence-corrected chi connectivity index (χ0v) is 19.0. The van der Waals surface area contributed by atoms with E-state index >= 15 is 0 Å². The topological polar surface area (TPSA) is 76.1 Å². The molecule has 0 aromatic heterocycles. The highest BCUT2D eigenvalue weighted by Crippen LogP contribution is 2.40. The number of rotatable bonds is 7. The molecule has 0 radical (unpaired) electrons. The number of carbonyl (C=O) groups is 2. The molecule has 0 aliphatic carbocycles. The maximum absolute atomic E-state index is 13.6. The third-order valence-corrected chi connectivity index (χ3v) is 5.89. The lowest BCUT2D eigenvalue weighted by atomic mass is 9.94. The number of aliphatic hydroxyl groups excluding tert-OH is 1. The maximum Gasteiger partial charge on any atom is 0.295 e. The molecule has 2 aromatic rings. The van der Waals surface area contributed by atoms with Crippen molar-refractivity contribution in [3.63, 3.8) is 0 Å². The summed E-state index contributed by atoms with van der Waals surface area (Å²) in [5, 5.41) is 11.2. The highest BCUT2D eigenvalue weighted by Gasteiger charge is 2.45. The van der Waals surface area contributed by atoms with Gasteiger partial charge in [-0.25, -0.2) is 4.39 Å². The molecule has 6 nitrogen and oxygen atoms in total. The Morgan fingerprint density at radius 1 is 1.21 bits per heavy atom. The number of Topliss-reactive ketones (excluding diaryl/α,β-unsaturated/α-hetero) is 1. The second-order valence-electron chi connectivity index (χ2n) is 8.77. The third-order valence-electron chi connectivity index (χ3n) is 5.89. The van der Waals surface area contributed by atoms with E-state index in [0.717, 1.165) is 11.3 Å². The van der Waals surface area contributed by atoms with E-state index in [-0.39, 0.29) is 30.1 Å². The number of ketones is 1. The Kier molecular flexibility index (Phi) is 6.51. The minimum Gasteiger partial charge on any atom is -0.507 e. The van der Waals surface area contributed by atoms with Crippen LogP contribution in [-0.4, -0.2) is 47.1 Å². The van der Waals surface area contributed by atoms with Gasteiger partial charge in [0, 0.05) is 25.1 Å². The first-order valence-electron chi connectivity index (χ1n) is 11.2. The molecule has 2 aliphatic rings.